The molecule has 0 N–H and O–H groups in total. The van der Waals surface area contributed by atoms with Gasteiger partial charge in [-0.3, -0.25) is 0 Å². The lowest BCUT2D eigenvalue weighted by Crippen LogP contribution is -1.87. The molecule has 0 aromatic rings. The number of hydrogen-bond acceptors (Lipinski definition) is 0. The van der Waals surface area contributed by atoms with Gasteiger partial charge in [0.15, 0.2) is 107 Å². The van der Waals surface area contributed by atoms with E-state index in [9.17, 15) is 0 Å². The third-order valence-corrected chi connectivity index (χ3v) is 0. The Bertz CT molecular complexity index is 604. The van der Waals surface area contributed by atoms with Crippen molar-refractivity contribution < 1.29 is 0 Å². The highest BCUT2D eigenvalue weighted by Gasteiger charge is 2.07. The standard InChI is InChI=1S/C2H3Cl3.24CHCl3/c1-2(3,4)5;24*2-1(3)4/h1H3;24*1H. The smallest absolute Gasteiger partial charge is 0.0874 e. The molecule has 0 aliphatic rings. The molecule has 0 rings (SSSR count). The normalized spacial score (nSPS) is 9.15. The average Bonchev–Trinajstić information content (AvgIpc) is 3.38. The van der Waals surface area contributed by atoms with Crippen LogP contribution in [0.5, 0.6) is 0 Å². The molecule has 0 bridgehead atoms. The highest BCUT2D eigenvalue weighted by atomic mass is 35.7. The summed E-state index contributed by atoms with van der Waals surface area (Å²) in [5, 5.41) is 0. The number of alkyl halides is 75. The van der Waals surface area contributed by atoms with Gasteiger partial charge in [0.25, 0.3) is 0 Å². The van der Waals surface area contributed by atoms with Gasteiger partial charge in [0.2, 0.25) is 0 Å². The first-order valence-corrected chi connectivity index (χ1v) is 49.3. The maximum absolute atomic E-state index is 5.06. The van der Waals surface area contributed by atoms with Gasteiger partial charge in [-0.15, -0.1) is 0 Å². The van der Waals surface area contributed by atoms with Crippen molar-refractivity contribution in [3.05, 3.63) is 0 Å². The molecule has 0 radical (unpaired) electrons. The summed E-state index contributed by atoms with van der Waals surface area (Å²) in [5.41, 5.74) is 0. The third kappa shape index (κ3) is 3690. The van der Waals surface area contributed by atoms with Crippen LogP contribution in [0.25, 0.3) is 0 Å². The van der Waals surface area contributed by atoms with Gasteiger partial charge < -0.3 is 0 Å². The predicted octanol–water partition coefficient (Wildman–Crippen LogP) is 50.1. The Morgan fingerprint density at radius 2 is 0.0891 bits per heavy atom. The molecule has 0 aromatic heterocycles. The molecule has 0 aliphatic heterocycles. The van der Waals surface area contributed by atoms with Crippen molar-refractivity contribution in [1.82, 2.24) is 0 Å². The minimum atomic E-state index is -1.08. The Kier molecular flexibility index (Phi) is 336. The van der Waals surface area contributed by atoms with Crippen LogP contribution in [0.1, 0.15) is 6.92 Å². The first-order chi connectivity index (χ1) is 43.6. The molecule has 0 saturated carbocycles. The summed E-state index contributed by atoms with van der Waals surface area (Å²) >= 11 is 361. The zero-order chi connectivity index (χ0) is 90.4. The Labute approximate surface area is 965 Å². The number of halogens is 75. The van der Waals surface area contributed by atoms with E-state index >= 15 is 0 Å². The van der Waals surface area contributed by atoms with E-state index in [0.29, 0.717) is 0 Å². The summed E-state index contributed by atoms with van der Waals surface area (Å²) in [6.07, 6.45) is 0. The van der Waals surface area contributed by atoms with Gasteiger partial charge in [-0.1, -0.05) is 870 Å². The predicted molar refractivity (Wildman–Crippen MR) is 538 cm³/mol. The van der Waals surface area contributed by atoms with Crippen LogP contribution in [-0.4, -0.2) is 107 Å². The average molecular weight is 3000 g/mol. The van der Waals surface area contributed by atoms with E-state index in [-0.39, 0.29) is 0 Å². The second-order valence-corrected chi connectivity index (χ2v) is 57.1. The summed E-state index contributed by atoms with van der Waals surface area (Å²) in [4.78, 5) is 0. The molecule has 0 nitrogen and oxygen atoms in total. The summed E-state index contributed by atoms with van der Waals surface area (Å²) in [6.45, 7) is 1.48. The van der Waals surface area contributed by atoms with Crippen LogP contribution in [0, 0.1) is 0 Å². The Hall–Kier alpha value is 21.7. The van der Waals surface area contributed by atoms with Crippen molar-refractivity contribution in [2.24, 2.45) is 0 Å². The fourth-order valence-electron chi connectivity index (χ4n) is 0. The first kappa shape index (κ1) is 190. The van der Waals surface area contributed by atoms with Crippen LogP contribution in [0.2, 0.25) is 0 Å². The molecule has 0 aliphatic carbocycles. The lowest BCUT2D eigenvalue weighted by Gasteiger charge is -1.94. The van der Waals surface area contributed by atoms with Gasteiger partial charge in [0.1, 0.15) is 0 Å². The molecular formula is C26H27Cl75. The molecule has 0 fully saturated rings. The molecule has 0 amide bonds. The van der Waals surface area contributed by atoms with Crippen molar-refractivity contribution in [2.45, 2.75) is 114 Å². The topological polar surface area (TPSA) is 0 Å². The molecule has 0 saturated heterocycles. The number of rotatable bonds is 0. The van der Waals surface area contributed by atoms with Crippen LogP contribution in [0.15, 0.2) is 0 Å². The highest BCUT2D eigenvalue weighted by molar-refractivity contribution is 6.72. The first-order valence-electron chi connectivity index (χ1n) is 16.8. The SMILES string of the molecule is CC(Cl)(Cl)Cl.ClC(Cl)Cl.ClC(Cl)Cl.ClC(Cl)Cl.ClC(Cl)Cl.ClC(Cl)Cl.ClC(Cl)Cl.ClC(Cl)Cl.ClC(Cl)Cl.ClC(Cl)Cl.ClC(Cl)Cl.ClC(Cl)Cl.ClC(Cl)Cl.ClC(Cl)Cl.ClC(Cl)Cl.ClC(Cl)Cl.ClC(Cl)Cl.ClC(Cl)Cl.ClC(Cl)Cl.ClC(Cl)Cl.ClC(Cl)Cl.ClC(Cl)Cl.ClC(Cl)Cl.ClC(Cl)Cl.ClC(Cl)Cl. The van der Waals surface area contributed by atoms with E-state index < -0.39 is 107 Å². The van der Waals surface area contributed by atoms with Crippen molar-refractivity contribution in [3.8, 4) is 0 Å². The quantitative estimate of drug-likeness (QED) is 0.212. The molecule has 656 valence electrons. The fourth-order valence-corrected chi connectivity index (χ4v) is 0. The number of hydrogen-bond donors (Lipinski definition) is 0. The largest absolute Gasteiger partial charge is 0.187 e. The van der Waals surface area contributed by atoms with Crippen LogP contribution in [0.4, 0.5) is 0 Å². The van der Waals surface area contributed by atoms with E-state index in [1.807, 2.05) is 0 Å². The van der Waals surface area contributed by atoms with Crippen molar-refractivity contribution in [3.63, 3.8) is 0 Å². The van der Waals surface area contributed by atoms with Gasteiger partial charge in [-0.2, -0.15) is 0 Å². The van der Waals surface area contributed by atoms with E-state index in [1.54, 1.807) is 0 Å². The van der Waals surface area contributed by atoms with Crippen molar-refractivity contribution >= 4 is 870 Å². The Balaban J connectivity index is -0.0000000259. The molecule has 0 aromatic carbocycles. The molecule has 75 heteroatoms. The van der Waals surface area contributed by atoms with Crippen molar-refractivity contribution in [1.29, 1.82) is 0 Å². The molecule has 0 spiro atoms. The summed E-state index contributed by atoms with van der Waals surface area (Å²) in [7, 11) is 0. The van der Waals surface area contributed by atoms with Gasteiger partial charge in [0, 0.05) is 0 Å². The lowest BCUT2D eigenvalue weighted by atomic mass is 10.9. The highest BCUT2D eigenvalue weighted by Crippen LogP contribution is 2.23. The fraction of sp³-hybridized carbons (Fsp3) is 1.00. The zero-order valence-corrected chi connectivity index (χ0v) is 100. The molecule has 0 heterocycles. The van der Waals surface area contributed by atoms with E-state index in [1.165, 1.54) is 6.92 Å². The van der Waals surface area contributed by atoms with Gasteiger partial charge in [-0.25, -0.2) is 0 Å². The summed E-state index contributed by atoms with van der Waals surface area (Å²) < 4.78 is -19.1. The molecule has 101 heavy (non-hydrogen) atoms. The van der Waals surface area contributed by atoms with Gasteiger partial charge in [-0.05, 0) is 6.92 Å². The zero-order valence-electron chi connectivity index (χ0n) is 43.7. The van der Waals surface area contributed by atoms with E-state index in [0.717, 1.165) is 0 Å². The Morgan fingerprint density at radius 3 is 0.0891 bits per heavy atom. The van der Waals surface area contributed by atoms with Gasteiger partial charge >= 0.3 is 0 Å². The second-order valence-electron chi connectivity index (χ2n) is 6.72. The van der Waals surface area contributed by atoms with E-state index in [2.05, 4.69) is 0 Å². The van der Waals surface area contributed by atoms with Crippen LogP contribution < -0.4 is 0 Å². The maximum atomic E-state index is 5.06. The van der Waals surface area contributed by atoms with Crippen LogP contribution >= 0.6 is 870 Å². The molecule has 0 unspecified atom stereocenters. The van der Waals surface area contributed by atoms with Gasteiger partial charge in [0.05, 0.1) is 0 Å². The summed E-state index contributed by atoms with van der Waals surface area (Å²) in [6, 6.07) is 0. The third-order valence-electron chi connectivity index (χ3n) is 0. The molecule has 0 atom stereocenters. The van der Waals surface area contributed by atoms with Crippen LogP contribution in [0.3, 0.4) is 0 Å². The minimum absolute atomic E-state index is 0.750. The van der Waals surface area contributed by atoms with Crippen LogP contribution in [-0.2, 0) is 0 Å². The summed E-state index contributed by atoms with van der Waals surface area (Å²) in [5.74, 6) is 0. The maximum Gasteiger partial charge on any atom is 0.187 e. The van der Waals surface area contributed by atoms with E-state index in [4.69, 9.17) is 870 Å². The van der Waals surface area contributed by atoms with Crippen molar-refractivity contribution in [2.75, 3.05) is 0 Å². The second kappa shape index (κ2) is 178. The minimum Gasteiger partial charge on any atom is -0.0874 e. The Morgan fingerprint density at radius 1 is 0.0891 bits per heavy atom. The monoisotopic (exact) mass is 2960 g/mol. The lowest BCUT2D eigenvalue weighted by molar-refractivity contribution is 1.27. The molecular weight excluding hydrogens is 2970 g/mol.